The molecular formula is C15H23BrFN. The summed E-state index contributed by atoms with van der Waals surface area (Å²) in [5, 5.41) is 3.52. The summed E-state index contributed by atoms with van der Waals surface area (Å²) in [5.41, 5.74) is 1.05. The number of rotatable bonds is 7. The van der Waals surface area contributed by atoms with E-state index in [0.717, 1.165) is 23.0 Å². The van der Waals surface area contributed by atoms with E-state index >= 15 is 0 Å². The highest BCUT2D eigenvalue weighted by molar-refractivity contribution is 9.10. The molecule has 0 saturated carbocycles. The van der Waals surface area contributed by atoms with Gasteiger partial charge in [-0.1, -0.05) is 43.1 Å². The first-order valence-electron chi connectivity index (χ1n) is 6.75. The van der Waals surface area contributed by atoms with Crippen LogP contribution in [-0.2, 0) is 6.42 Å². The Morgan fingerprint density at radius 1 is 1.28 bits per heavy atom. The van der Waals surface area contributed by atoms with E-state index < -0.39 is 0 Å². The number of nitrogens with one attached hydrogen (secondary N) is 1. The lowest BCUT2D eigenvalue weighted by molar-refractivity contribution is 0.357. The van der Waals surface area contributed by atoms with Crippen LogP contribution in [0.4, 0.5) is 4.39 Å². The van der Waals surface area contributed by atoms with Crippen LogP contribution in [0.15, 0.2) is 22.7 Å². The molecule has 0 aliphatic heterocycles. The van der Waals surface area contributed by atoms with Gasteiger partial charge in [0.2, 0.25) is 0 Å². The number of hydrogen-bond acceptors (Lipinski definition) is 1. The molecule has 0 radical (unpaired) electrons. The largest absolute Gasteiger partial charge is 0.314 e. The second kappa shape index (κ2) is 7.90. The van der Waals surface area contributed by atoms with Crippen LogP contribution in [0.5, 0.6) is 0 Å². The summed E-state index contributed by atoms with van der Waals surface area (Å²) in [6.45, 7) is 7.55. The van der Waals surface area contributed by atoms with Crippen molar-refractivity contribution < 1.29 is 4.39 Å². The molecule has 0 aliphatic carbocycles. The van der Waals surface area contributed by atoms with Crippen molar-refractivity contribution in [3.63, 3.8) is 0 Å². The third kappa shape index (κ3) is 5.07. The van der Waals surface area contributed by atoms with Gasteiger partial charge in [0.1, 0.15) is 5.82 Å². The average Bonchev–Trinajstić information content (AvgIpc) is 2.27. The van der Waals surface area contributed by atoms with Crippen LogP contribution in [0.3, 0.4) is 0 Å². The Kier molecular flexibility index (Phi) is 6.87. The van der Waals surface area contributed by atoms with Gasteiger partial charge in [-0.15, -0.1) is 0 Å². The Bertz CT molecular complexity index is 347. The molecule has 0 heterocycles. The first kappa shape index (κ1) is 15.6. The third-order valence-corrected chi connectivity index (χ3v) is 3.73. The molecule has 102 valence electrons. The summed E-state index contributed by atoms with van der Waals surface area (Å²) < 4.78 is 14.2. The van der Waals surface area contributed by atoms with Gasteiger partial charge in [0, 0.05) is 10.5 Å². The maximum absolute atomic E-state index is 13.4. The topological polar surface area (TPSA) is 12.0 Å². The lowest BCUT2D eigenvalue weighted by Gasteiger charge is -2.25. The molecule has 1 N–H and O–H groups in total. The minimum Gasteiger partial charge on any atom is -0.314 e. The summed E-state index contributed by atoms with van der Waals surface area (Å²) in [6, 6.07) is 5.56. The summed E-state index contributed by atoms with van der Waals surface area (Å²) >= 11 is 3.35. The first-order valence-corrected chi connectivity index (χ1v) is 7.54. The molecule has 0 aliphatic rings. The number of benzene rings is 1. The van der Waals surface area contributed by atoms with Crippen molar-refractivity contribution in [2.24, 2.45) is 5.92 Å². The van der Waals surface area contributed by atoms with Crippen LogP contribution in [-0.4, -0.2) is 12.6 Å². The van der Waals surface area contributed by atoms with E-state index in [1.807, 2.05) is 6.07 Å². The van der Waals surface area contributed by atoms with Crippen molar-refractivity contribution in [1.29, 1.82) is 0 Å². The molecule has 2 atom stereocenters. The highest BCUT2D eigenvalue weighted by atomic mass is 79.9. The minimum absolute atomic E-state index is 0.169. The molecular weight excluding hydrogens is 293 g/mol. The molecule has 0 bridgehead atoms. The molecule has 0 fully saturated rings. The summed E-state index contributed by atoms with van der Waals surface area (Å²) in [7, 11) is 0. The summed E-state index contributed by atoms with van der Waals surface area (Å²) in [5.74, 6) is 0.440. The van der Waals surface area contributed by atoms with Gasteiger partial charge < -0.3 is 5.32 Å². The van der Waals surface area contributed by atoms with Crippen LogP contribution in [0.1, 0.15) is 39.2 Å². The molecule has 0 spiro atoms. The van der Waals surface area contributed by atoms with Gasteiger partial charge in [0.05, 0.1) is 0 Å². The van der Waals surface area contributed by atoms with Crippen molar-refractivity contribution in [1.82, 2.24) is 5.32 Å². The van der Waals surface area contributed by atoms with Crippen molar-refractivity contribution in [3.8, 4) is 0 Å². The van der Waals surface area contributed by atoms with Gasteiger partial charge in [0.15, 0.2) is 0 Å². The van der Waals surface area contributed by atoms with Crippen molar-refractivity contribution >= 4 is 15.9 Å². The van der Waals surface area contributed by atoms with E-state index in [9.17, 15) is 4.39 Å². The van der Waals surface area contributed by atoms with Crippen molar-refractivity contribution in [2.75, 3.05) is 6.54 Å². The number of hydrogen-bond donors (Lipinski definition) is 1. The standard InChI is InChI=1S/C15H23BrFN/c1-4-6-11(3)15(18-5-2)9-12-7-13(16)10-14(17)8-12/h7-8,10-11,15,18H,4-6,9H2,1-3H3. The normalized spacial score (nSPS) is 14.5. The van der Waals surface area contributed by atoms with Gasteiger partial charge in [-0.25, -0.2) is 4.39 Å². The first-order chi connectivity index (χ1) is 8.56. The predicted octanol–water partition coefficient (Wildman–Crippen LogP) is 4.55. The fraction of sp³-hybridized carbons (Fsp3) is 0.600. The smallest absolute Gasteiger partial charge is 0.124 e. The lowest BCUT2D eigenvalue weighted by atomic mass is 9.91. The molecule has 18 heavy (non-hydrogen) atoms. The quantitative estimate of drug-likeness (QED) is 0.778. The monoisotopic (exact) mass is 315 g/mol. The minimum atomic E-state index is -0.169. The van der Waals surface area contributed by atoms with Gasteiger partial charge >= 0.3 is 0 Å². The Hall–Kier alpha value is -0.410. The molecule has 3 heteroatoms. The molecule has 0 amide bonds. The SMILES string of the molecule is CCCC(C)C(Cc1cc(F)cc(Br)c1)NCC. The molecule has 0 saturated heterocycles. The molecule has 2 unspecified atom stereocenters. The zero-order valence-electron chi connectivity index (χ0n) is 11.5. The van der Waals surface area contributed by atoms with E-state index in [0.29, 0.717) is 12.0 Å². The highest BCUT2D eigenvalue weighted by Crippen LogP contribution is 2.19. The molecule has 1 rings (SSSR count). The summed E-state index contributed by atoms with van der Waals surface area (Å²) in [6.07, 6.45) is 3.27. The van der Waals surface area contributed by atoms with Gasteiger partial charge in [-0.3, -0.25) is 0 Å². The maximum Gasteiger partial charge on any atom is 0.124 e. The zero-order valence-corrected chi connectivity index (χ0v) is 13.1. The fourth-order valence-corrected chi connectivity index (χ4v) is 2.89. The van der Waals surface area contributed by atoms with Gasteiger partial charge in [-0.05, 0) is 49.1 Å². The second-order valence-electron chi connectivity index (χ2n) is 4.91. The van der Waals surface area contributed by atoms with E-state index in [4.69, 9.17) is 0 Å². The summed E-state index contributed by atoms with van der Waals surface area (Å²) in [4.78, 5) is 0. The molecule has 1 aromatic carbocycles. The van der Waals surface area contributed by atoms with Crippen LogP contribution in [0.25, 0.3) is 0 Å². The zero-order chi connectivity index (χ0) is 13.5. The second-order valence-corrected chi connectivity index (χ2v) is 5.83. The van der Waals surface area contributed by atoms with E-state index in [-0.39, 0.29) is 5.82 Å². The Balaban J connectivity index is 2.75. The lowest BCUT2D eigenvalue weighted by Crippen LogP contribution is -2.36. The maximum atomic E-state index is 13.4. The Labute approximate surface area is 118 Å². The van der Waals surface area contributed by atoms with E-state index in [1.165, 1.54) is 18.9 Å². The Morgan fingerprint density at radius 3 is 2.56 bits per heavy atom. The van der Waals surface area contributed by atoms with Crippen molar-refractivity contribution in [2.45, 2.75) is 46.1 Å². The predicted molar refractivity (Wildman–Crippen MR) is 79.3 cm³/mol. The fourth-order valence-electron chi connectivity index (χ4n) is 2.38. The molecule has 1 nitrogen and oxygen atoms in total. The van der Waals surface area contributed by atoms with Crippen LogP contribution >= 0.6 is 15.9 Å². The number of likely N-dealkylation sites (N-methyl/N-ethyl adjacent to an activating group) is 1. The molecule has 0 aromatic heterocycles. The third-order valence-electron chi connectivity index (χ3n) is 3.28. The van der Waals surface area contributed by atoms with Crippen molar-refractivity contribution in [3.05, 3.63) is 34.1 Å². The highest BCUT2D eigenvalue weighted by Gasteiger charge is 2.16. The van der Waals surface area contributed by atoms with Crippen LogP contribution in [0, 0.1) is 11.7 Å². The van der Waals surface area contributed by atoms with Crippen LogP contribution < -0.4 is 5.32 Å². The van der Waals surface area contributed by atoms with Crippen LogP contribution in [0.2, 0.25) is 0 Å². The average molecular weight is 316 g/mol. The van der Waals surface area contributed by atoms with E-state index in [2.05, 4.69) is 42.0 Å². The Morgan fingerprint density at radius 2 is 2.00 bits per heavy atom. The van der Waals surface area contributed by atoms with Gasteiger partial charge in [0.25, 0.3) is 0 Å². The number of halogens is 2. The molecule has 1 aromatic rings. The van der Waals surface area contributed by atoms with Gasteiger partial charge in [-0.2, -0.15) is 0 Å². The van der Waals surface area contributed by atoms with E-state index in [1.54, 1.807) is 6.07 Å².